The van der Waals surface area contributed by atoms with Gasteiger partial charge < -0.3 is 9.84 Å². The van der Waals surface area contributed by atoms with Crippen LogP contribution in [0.4, 0.5) is 0 Å². The van der Waals surface area contributed by atoms with Crippen LogP contribution in [0.1, 0.15) is 31.9 Å². The van der Waals surface area contributed by atoms with Crippen molar-refractivity contribution in [2.45, 2.75) is 44.5 Å². The molecule has 0 fully saturated rings. The number of carbonyl (C=O) groups excluding carboxylic acids is 1. The number of ether oxygens (including phenoxy) is 1. The number of carboxylic acid groups (broad SMARTS) is 1. The van der Waals surface area contributed by atoms with Gasteiger partial charge in [-0.2, -0.15) is 0 Å². The van der Waals surface area contributed by atoms with Crippen LogP contribution >= 0.6 is 7.44 Å². The van der Waals surface area contributed by atoms with Crippen molar-refractivity contribution >= 4 is 19.4 Å². The maximum atomic E-state index is 13.5. The first-order valence-electron chi connectivity index (χ1n) is 9.27. The molecule has 4 N–H and O–H groups in total. The minimum Gasteiger partial charge on any atom is -0.480 e. The van der Waals surface area contributed by atoms with E-state index in [2.05, 4.69) is 5.09 Å². The van der Waals surface area contributed by atoms with Gasteiger partial charge in [-0.25, -0.2) is 9.88 Å². The molecule has 2 rings (SSSR count). The predicted molar refractivity (Wildman–Crippen MR) is 112 cm³/mol. The van der Waals surface area contributed by atoms with Gasteiger partial charge in [-0.15, -0.1) is 0 Å². The second-order valence-electron chi connectivity index (χ2n) is 7.31. The molecule has 0 aliphatic carbocycles. The van der Waals surface area contributed by atoms with Gasteiger partial charge >= 0.3 is 11.9 Å². The monoisotopic (exact) mass is 418 g/mol. The fraction of sp³-hybridized carbons (Fsp3) is 0.333. The number of hydrogen-bond acceptors (Lipinski definition) is 4. The predicted octanol–water partition coefficient (Wildman–Crippen LogP) is 3.29. The lowest BCUT2D eigenvalue weighted by molar-refractivity contribution is -0.147. The zero-order valence-corrected chi connectivity index (χ0v) is 17.6. The van der Waals surface area contributed by atoms with Crippen LogP contribution in [0.15, 0.2) is 60.7 Å². The molecule has 8 heteroatoms. The third kappa shape index (κ3) is 5.76. The Labute approximate surface area is 170 Å². The third-order valence-electron chi connectivity index (χ3n) is 4.54. The molecule has 3 unspecified atom stereocenters. The number of aliphatic carboxylic acids is 1. The summed E-state index contributed by atoms with van der Waals surface area (Å²) in [5.41, 5.74) is 4.24. The Hall–Kier alpha value is -2.47. The largest absolute Gasteiger partial charge is 0.480 e. The van der Waals surface area contributed by atoms with Crippen LogP contribution in [0.25, 0.3) is 0 Å². The van der Waals surface area contributed by atoms with Gasteiger partial charge in [-0.1, -0.05) is 60.7 Å². The lowest BCUT2D eigenvalue weighted by Gasteiger charge is -2.33. The number of rotatable bonds is 9. The summed E-state index contributed by atoms with van der Waals surface area (Å²) in [4.78, 5) is 24.8. The first kappa shape index (κ1) is 22.8. The number of esters is 1. The molecule has 2 aromatic carbocycles. The molecule has 7 nitrogen and oxygen atoms in total. The SMILES string of the molecule is CC(C)OC(=O)C(Cc1ccccc1)P(N)(=O)NC(C)(C(=O)O)c1ccccc1. The molecule has 0 spiro atoms. The Morgan fingerprint density at radius 1 is 1.10 bits per heavy atom. The van der Waals surface area contributed by atoms with Crippen LogP contribution in [0.3, 0.4) is 0 Å². The van der Waals surface area contributed by atoms with Crippen molar-refractivity contribution in [3.63, 3.8) is 0 Å². The molecule has 2 aromatic rings. The highest BCUT2D eigenvalue weighted by Gasteiger charge is 2.46. The summed E-state index contributed by atoms with van der Waals surface area (Å²) >= 11 is 0. The molecular weight excluding hydrogens is 391 g/mol. The van der Waals surface area contributed by atoms with E-state index in [0.29, 0.717) is 5.56 Å². The maximum absolute atomic E-state index is 13.5. The van der Waals surface area contributed by atoms with Crippen LogP contribution in [-0.2, 0) is 30.9 Å². The summed E-state index contributed by atoms with van der Waals surface area (Å²) in [7, 11) is -4.03. The van der Waals surface area contributed by atoms with Crippen LogP contribution in [0.5, 0.6) is 0 Å². The topological polar surface area (TPSA) is 119 Å². The molecule has 0 aliphatic heterocycles. The van der Waals surface area contributed by atoms with Crippen LogP contribution in [-0.4, -0.2) is 28.8 Å². The summed E-state index contributed by atoms with van der Waals surface area (Å²) in [6, 6.07) is 17.3. The van der Waals surface area contributed by atoms with E-state index in [4.69, 9.17) is 10.2 Å². The van der Waals surface area contributed by atoms with E-state index in [-0.39, 0.29) is 6.42 Å². The molecular formula is C21H27N2O5P. The lowest BCUT2D eigenvalue weighted by Crippen LogP contribution is -2.49. The number of benzene rings is 2. The third-order valence-corrected chi connectivity index (χ3v) is 6.65. The fourth-order valence-electron chi connectivity index (χ4n) is 2.96. The van der Waals surface area contributed by atoms with Crippen molar-refractivity contribution in [3.05, 3.63) is 71.8 Å². The van der Waals surface area contributed by atoms with Crippen molar-refractivity contribution in [2.24, 2.45) is 5.50 Å². The first-order chi connectivity index (χ1) is 13.6. The Morgan fingerprint density at radius 3 is 2.10 bits per heavy atom. The zero-order chi connectivity index (χ0) is 21.7. The van der Waals surface area contributed by atoms with Crippen molar-refractivity contribution in [3.8, 4) is 0 Å². The minimum atomic E-state index is -4.03. The molecule has 0 bridgehead atoms. The number of hydrogen-bond donors (Lipinski definition) is 3. The van der Waals surface area contributed by atoms with Gasteiger partial charge in [0.25, 0.3) is 0 Å². The summed E-state index contributed by atoms with van der Waals surface area (Å²) in [6.07, 6.45) is -0.377. The van der Waals surface area contributed by atoms with Gasteiger partial charge in [-0.3, -0.25) is 14.9 Å². The normalized spacial score (nSPS) is 16.4. The van der Waals surface area contributed by atoms with E-state index in [1.165, 1.54) is 6.92 Å². The fourth-order valence-corrected chi connectivity index (χ4v) is 4.89. The first-order valence-corrected chi connectivity index (χ1v) is 11.1. The van der Waals surface area contributed by atoms with E-state index < -0.39 is 36.7 Å². The minimum absolute atomic E-state index is 0.0532. The Balaban J connectivity index is 2.42. The second kappa shape index (κ2) is 9.35. The molecule has 0 aliphatic rings. The molecule has 0 heterocycles. The number of carboxylic acids is 1. The number of carbonyl (C=O) groups is 2. The summed E-state index contributed by atoms with van der Waals surface area (Å²) in [5.74, 6) is -1.99. The molecule has 0 amide bonds. The van der Waals surface area contributed by atoms with E-state index in [1.54, 1.807) is 68.4 Å². The smallest absolute Gasteiger partial charge is 0.328 e. The number of nitrogens with one attached hydrogen (secondary N) is 1. The van der Waals surface area contributed by atoms with Gasteiger partial charge in [0.05, 0.1) is 6.10 Å². The average Bonchev–Trinajstić information content (AvgIpc) is 2.66. The van der Waals surface area contributed by atoms with Crippen molar-refractivity contribution in [2.75, 3.05) is 0 Å². The average molecular weight is 418 g/mol. The van der Waals surface area contributed by atoms with E-state index in [1.807, 2.05) is 6.07 Å². The molecule has 0 aromatic heterocycles. The molecule has 0 saturated carbocycles. The molecule has 156 valence electrons. The zero-order valence-electron chi connectivity index (χ0n) is 16.7. The summed E-state index contributed by atoms with van der Waals surface area (Å²) < 4.78 is 18.8. The highest BCUT2D eigenvalue weighted by atomic mass is 31.2. The molecule has 0 saturated heterocycles. The highest BCUT2D eigenvalue weighted by Crippen LogP contribution is 2.45. The van der Waals surface area contributed by atoms with Crippen molar-refractivity contribution in [1.82, 2.24) is 5.09 Å². The van der Waals surface area contributed by atoms with Crippen molar-refractivity contribution in [1.29, 1.82) is 0 Å². The van der Waals surface area contributed by atoms with Crippen LogP contribution in [0, 0.1) is 0 Å². The van der Waals surface area contributed by atoms with Crippen LogP contribution < -0.4 is 10.6 Å². The standard InChI is InChI=1S/C21H27N2O5P/c1-15(2)28-19(24)18(14-16-10-6-4-7-11-16)29(22,27)23-21(3,20(25)26)17-12-8-5-9-13-17/h4-13,15,18H,14H2,1-3H3,(H,25,26)(H3,22,23,27). The van der Waals surface area contributed by atoms with Gasteiger partial charge in [0, 0.05) is 0 Å². The second-order valence-corrected chi connectivity index (χ2v) is 9.57. The van der Waals surface area contributed by atoms with Crippen molar-refractivity contribution < 1.29 is 24.0 Å². The Morgan fingerprint density at radius 2 is 1.62 bits per heavy atom. The molecule has 3 atom stereocenters. The van der Waals surface area contributed by atoms with E-state index in [9.17, 15) is 19.3 Å². The Bertz CT molecular complexity index is 888. The summed E-state index contributed by atoms with van der Waals surface area (Å²) in [5, 5.41) is 12.4. The maximum Gasteiger partial charge on any atom is 0.328 e. The van der Waals surface area contributed by atoms with Gasteiger partial charge in [0.2, 0.25) is 7.44 Å². The molecule has 29 heavy (non-hydrogen) atoms. The summed E-state index contributed by atoms with van der Waals surface area (Å²) in [6.45, 7) is 4.73. The van der Waals surface area contributed by atoms with Gasteiger partial charge in [-0.05, 0) is 38.3 Å². The highest BCUT2D eigenvalue weighted by molar-refractivity contribution is 7.61. The van der Waals surface area contributed by atoms with Gasteiger partial charge in [0.15, 0.2) is 0 Å². The Kier molecular flexibility index (Phi) is 7.36. The lowest BCUT2D eigenvalue weighted by atomic mass is 9.94. The molecule has 0 radical (unpaired) electrons. The quantitative estimate of drug-likeness (QED) is 0.422. The van der Waals surface area contributed by atoms with E-state index in [0.717, 1.165) is 5.56 Å². The van der Waals surface area contributed by atoms with Crippen LogP contribution in [0.2, 0.25) is 0 Å². The van der Waals surface area contributed by atoms with Gasteiger partial charge in [0.1, 0.15) is 11.2 Å². The van der Waals surface area contributed by atoms with E-state index >= 15 is 0 Å². The number of nitrogens with two attached hydrogens (primary N) is 1.